The molecule has 0 aromatic heterocycles. The van der Waals surface area contributed by atoms with Crippen LogP contribution >= 0.6 is 15.9 Å². The fourth-order valence-electron chi connectivity index (χ4n) is 2.15. The summed E-state index contributed by atoms with van der Waals surface area (Å²) in [5.74, 6) is 2.48. The highest BCUT2D eigenvalue weighted by atomic mass is 79.9. The second-order valence-electron chi connectivity index (χ2n) is 4.55. The zero-order chi connectivity index (χ0) is 15.2. The van der Waals surface area contributed by atoms with Gasteiger partial charge in [0.25, 0.3) is 0 Å². The van der Waals surface area contributed by atoms with Crippen molar-refractivity contribution < 1.29 is 14.2 Å². The van der Waals surface area contributed by atoms with Crippen LogP contribution in [0.15, 0.2) is 40.9 Å². The van der Waals surface area contributed by atoms with Crippen molar-refractivity contribution in [1.82, 2.24) is 0 Å². The standard InChI is InChI=1S/C17H19BrO3/c1-4-21-14-7-5-12(6-8-14)9-13-10-15(18)17(20-3)11-16(13)19-2/h5-8,10-11H,4,9H2,1-3H3. The van der Waals surface area contributed by atoms with E-state index in [-0.39, 0.29) is 0 Å². The Balaban J connectivity index is 2.24. The minimum absolute atomic E-state index is 0.679. The van der Waals surface area contributed by atoms with Crippen molar-refractivity contribution in [2.45, 2.75) is 13.3 Å². The predicted octanol–water partition coefficient (Wildman–Crippen LogP) is 4.46. The van der Waals surface area contributed by atoms with Gasteiger partial charge in [-0.25, -0.2) is 0 Å². The van der Waals surface area contributed by atoms with E-state index in [0.717, 1.165) is 33.7 Å². The van der Waals surface area contributed by atoms with Crippen LogP contribution in [0.2, 0.25) is 0 Å². The smallest absolute Gasteiger partial charge is 0.136 e. The van der Waals surface area contributed by atoms with Gasteiger partial charge in [0.15, 0.2) is 0 Å². The van der Waals surface area contributed by atoms with Crippen molar-refractivity contribution in [1.29, 1.82) is 0 Å². The molecule has 0 atom stereocenters. The summed E-state index contributed by atoms with van der Waals surface area (Å²) < 4.78 is 17.1. The van der Waals surface area contributed by atoms with Crippen LogP contribution in [-0.2, 0) is 6.42 Å². The van der Waals surface area contributed by atoms with Gasteiger partial charge in [0.05, 0.1) is 25.3 Å². The number of hydrogen-bond donors (Lipinski definition) is 0. The largest absolute Gasteiger partial charge is 0.496 e. The Bertz CT molecular complexity index is 594. The topological polar surface area (TPSA) is 27.7 Å². The molecule has 0 spiro atoms. The van der Waals surface area contributed by atoms with E-state index in [1.165, 1.54) is 5.56 Å². The van der Waals surface area contributed by atoms with E-state index in [0.29, 0.717) is 6.61 Å². The molecule has 0 radical (unpaired) electrons. The van der Waals surface area contributed by atoms with Crippen LogP contribution in [0.3, 0.4) is 0 Å². The maximum atomic E-state index is 5.46. The summed E-state index contributed by atoms with van der Waals surface area (Å²) >= 11 is 3.52. The molecule has 2 aromatic rings. The zero-order valence-corrected chi connectivity index (χ0v) is 14.1. The molecule has 2 rings (SSSR count). The van der Waals surface area contributed by atoms with Crippen molar-refractivity contribution in [3.63, 3.8) is 0 Å². The predicted molar refractivity (Wildman–Crippen MR) is 87.7 cm³/mol. The third-order valence-electron chi connectivity index (χ3n) is 3.18. The average Bonchev–Trinajstić information content (AvgIpc) is 2.50. The van der Waals surface area contributed by atoms with Gasteiger partial charge in [0, 0.05) is 12.5 Å². The van der Waals surface area contributed by atoms with Crippen LogP contribution in [-0.4, -0.2) is 20.8 Å². The molecule has 0 bridgehead atoms. The molecule has 2 aromatic carbocycles. The zero-order valence-electron chi connectivity index (χ0n) is 12.5. The molecule has 0 fully saturated rings. The first-order valence-corrected chi connectivity index (χ1v) is 7.59. The Kier molecular flexibility index (Phi) is 5.51. The van der Waals surface area contributed by atoms with E-state index in [1.807, 2.05) is 31.2 Å². The van der Waals surface area contributed by atoms with Crippen LogP contribution in [0.5, 0.6) is 17.2 Å². The first-order valence-electron chi connectivity index (χ1n) is 6.80. The summed E-state index contributed by atoms with van der Waals surface area (Å²) in [5, 5.41) is 0. The minimum atomic E-state index is 0.679. The van der Waals surface area contributed by atoms with Crippen molar-refractivity contribution in [2.24, 2.45) is 0 Å². The number of rotatable bonds is 6. The van der Waals surface area contributed by atoms with Crippen LogP contribution in [0.25, 0.3) is 0 Å². The van der Waals surface area contributed by atoms with E-state index in [2.05, 4.69) is 28.1 Å². The Morgan fingerprint density at radius 2 is 1.62 bits per heavy atom. The number of ether oxygens (including phenoxy) is 3. The normalized spacial score (nSPS) is 10.3. The third-order valence-corrected chi connectivity index (χ3v) is 3.80. The van der Waals surface area contributed by atoms with E-state index in [1.54, 1.807) is 14.2 Å². The molecule has 3 nitrogen and oxygen atoms in total. The maximum Gasteiger partial charge on any atom is 0.136 e. The summed E-state index contributed by atoms with van der Waals surface area (Å²) in [7, 11) is 3.32. The summed E-state index contributed by atoms with van der Waals surface area (Å²) in [4.78, 5) is 0. The third kappa shape index (κ3) is 3.91. The SMILES string of the molecule is CCOc1ccc(Cc2cc(Br)c(OC)cc2OC)cc1. The minimum Gasteiger partial charge on any atom is -0.496 e. The lowest BCUT2D eigenvalue weighted by molar-refractivity contribution is 0.340. The number of halogens is 1. The van der Waals surface area contributed by atoms with E-state index in [4.69, 9.17) is 14.2 Å². The van der Waals surface area contributed by atoms with Gasteiger partial charge in [-0.1, -0.05) is 12.1 Å². The lowest BCUT2D eigenvalue weighted by Crippen LogP contribution is -1.97. The fourth-order valence-corrected chi connectivity index (χ4v) is 2.70. The summed E-state index contributed by atoms with van der Waals surface area (Å²) in [5.41, 5.74) is 2.31. The fraction of sp³-hybridized carbons (Fsp3) is 0.294. The Hall–Kier alpha value is -1.68. The first-order chi connectivity index (χ1) is 10.2. The van der Waals surface area contributed by atoms with Crippen LogP contribution in [0, 0.1) is 0 Å². The quantitative estimate of drug-likeness (QED) is 0.769. The average molecular weight is 351 g/mol. The highest BCUT2D eigenvalue weighted by Crippen LogP contribution is 2.34. The highest BCUT2D eigenvalue weighted by Gasteiger charge is 2.10. The van der Waals surface area contributed by atoms with Gasteiger partial charge >= 0.3 is 0 Å². The van der Waals surface area contributed by atoms with E-state index >= 15 is 0 Å². The van der Waals surface area contributed by atoms with Gasteiger partial charge in [0.2, 0.25) is 0 Å². The summed E-state index contributed by atoms with van der Waals surface area (Å²) in [6, 6.07) is 12.1. The van der Waals surface area contributed by atoms with Gasteiger partial charge in [-0.15, -0.1) is 0 Å². The monoisotopic (exact) mass is 350 g/mol. The number of hydrogen-bond acceptors (Lipinski definition) is 3. The molecule has 0 saturated carbocycles. The molecule has 0 heterocycles. The second kappa shape index (κ2) is 7.36. The van der Waals surface area contributed by atoms with Gasteiger partial charge in [0.1, 0.15) is 17.2 Å². The van der Waals surface area contributed by atoms with Gasteiger partial charge in [-0.05, 0) is 52.2 Å². The molecule has 0 N–H and O–H groups in total. The maximum absolute atomic E-state index is 5.46. The molecular weight excluding hydrogens is 332 g/mol. The number of benzene rings is 2. The Morgan fingerprint density at radius 1 is 0.952 bits per heavy atom. The van der Waals surface area contributed by atoms with Crippen molar-refractivity contribution >= 4 is 15.9 Å². The Labute approximate surface area is 134 Å². The molecule has 0 saturated heterocycles. The molecule has 0 unspecified atom stereocenters. The van der Waals surface area contributed by atoms with Gasteiger partial charge < -0.3 is 14.2 Å². The summed E-state index contributed by atoms with van der Waals surface area (Å²) in [6.45, 7) is 2.66. The second-order valence-corrected chi connectivity index (χ2v) is 5.41. The van der Waals surface area contributed by atoms with E-state index in [9.17, 15) is 0 Å². The first kappa shape index (κ1) is 15.7. The van der Waals surface area contributed by atoms with Crippen molar-refractivity contribution in [3.8, 4) is 17.2 Å². The van der Waals surface area contributed by atoms with Gasteiger partial charge in [-0.2, -0.15) is 0 Å². The molecule has 0 aliphatic rings. The van der Waals surface area contributed by atoms with Crippen LogP contribution < -0.4 is 14.2 Å². The lowest BCUT2D eigenvalue weighted by atomic mass is 10.0. The molecule has 4 heteroatoms. The van der Waals surface area contributed by atoms with E-state index < -0.39 is 0 Å². The highest BCUT2D eigenvalue weighted by molar-refractivity contribution is 9.10. The molecule has 112 valence electrons. The molecule has 21 heavy (non-hydrogen) atoms. The van der Waals surface area contributed by atoms with Crippen LogP contribution in [0.1, 0.15) is 18.1 Å². The molecule has 0 amide bonds. The number of methoxy groups -OCH3 is 2. The lowest BCUT2D eigenvalue weighted by Gasteiger charge is -2.12. The van der Waals surface area contributed by atoms with Crippen LogP contribution in [0.4, 0.5) is 0 Å². The van der Waals surface area contributed by atoms with Gasteiger partial charge in [-0.3, -0.25) is 0 Å². The van der Waals surface area contributed by atoms with Crippen molar-refractivity contribution in [2.75, 3.05) is 20.8 Å². The summed E-state index contributed by atoms with van der Waals surface area (Å²) in [6.07, 6.45) is 0.790. The Morgan fingerprint density at radius 3 is 2.19 bits per heavy atom. The molecule has 0 aliphatic carbocycles. The van der Waals surface area contributed by atoms with Crippen molar-refractivity contribution in [3.05, 3.63) is 52.0 Å². The molecule has 0 aliphatic heterocycles. The molecular formula is C17H19BrO3.